The molecule has 2 N–H and O–H groups in total. The lowest BCUT2D eigenvalue weighted by molar-refractivity contribution is -0.150. The van der Waals surface area contributed by atoms with Crippen LogP contribution in [0.1, 0.15) is 37.0 Å². The molecule has 19 heavy (non-hydrogen) atoms. The first-order chi connectivity index (χ1) is 8.90. The van der Waals surface area contributed by atoms with Crippen molar-refractivity contribution >= 4 is 11.9 Å². The predicted octanol–water partition coefficient (Wildman–Crippen LogP) is 1.65. The lowest BCUT2D eigenvalue weighted by Crippen LogP contribution is -2.39. The Morgan fingerprint density at radius 2 is 1.95 bits per heavy atom. The van der Waals surface area contributed by atoms with Crippen LogP contribution < -0.4 is 5.32 Å². The van der Waals surface area contributed by atoms with Crippen molar-refractivity contribution in [1.29, 1.82) is 0 Å². The summed E-state index contributed by atoms with van der Waals surface area (Å²) in [5.74, 6) is -2.39. The lowest BCUT2D eigenvalue weighted by atomic mass is 9.83. The maximum Gasteiger partial charge on any atom is 0.394 e. The number of fused-ring (bicyclic) bond motifs is 1. The smallest absolute Gasteiger partial charge is 0.394 e. The fraction of sp³-hybridized carbons (Fsp3) is 0.467. The molecule has 0 bridgehead atoms. The van der Waals surface area contributed by atoms with E-state index in [4.69, 9.17) is 5.11 Å². The molecule has 102 valence electrons. The van der Waals surface area contributed by atoms with E-state index in [0.29, 0.717) is 6.54 Å². The summed E-state index contributed by atoms with van der Waals surface area (Å²) >= 11 is 0. The highest BCUT2D eigenvalue weighted by atomic mass is 16.4. The molecule has 1 aromatic carbocycles. The van der Waals surface area contributed by atoms with E-state index in [1.54, 1.807) is 0 Å². The van der Waals surface area contributed by atoms with Gasteiger partial charge in [-0.15, -0.1) is 0 Å². The largest absolute Gasteiger partial charge is 0.474 e. The minimum atomic E-state index is -1.44. The molecule has 0 fully saturated rings. The molecule has 1 aliphatic rings. The SMILES string of the molecule is CC(C)(CNC(=O)C(=O)O)c1ccc2c(c1)CCC2. The van der Waals surface area contributed by atoms with Gasteiger partial charge in [0.2, 0.25) is 0 Å². The summed E-state index contributed by atoms with van der Waals surface area (Å²) in [6.07, 6.45) is 3.46. The summed E-state index contributed by atoms with van der Waals surface area (Å²) in [5, 5.41) is 11.0. The van der Waals surface area contributed by atoms with Crippen molar-refractivity contribution in [2.24, 2.45) is 0 Å². The molecule has 0 aromatic heterocycles. The van der Waals surface area contributed by atoms with Gasteiger partial charge in [-0.1, -0.05) is 32.0 Å². The van der Waals surface area contributed by atoms with Crippen LogP contribution in [0.25, 0.3) is 0 Å². The minimum absolute atomic E-state index is 0.275. The Hall–Kier alpha value is -1.84. The molecule has 0 radical (unpaired) electrons. The number of aryl methyl sites for hydroxylation is 2. The van der Waals surface area contributed by atoms with E-state index in [0.717, 1.165) is 18.4 Å². The first kappa shape index (κ1) is 13.6. The zero-order valence-electron chi connectivity index (χ0n) is 11.3. The zero-order valence-corrected chi connectivity index (χ0v) is 11.3. The Morgan fingerprint density at radius 1 is 1.26 bits per heavy atom. The number of nitrogens with one attached hydrogen (secondary N) is 1. The van der Waals surface area contributed by atoms with Gasteiger partial charge in [-0.2, -0.15) is 0 Å². The van der Waals surface area contributed by atoms with Crippen molar-refractivity contribution in [2.45, 2.75) is 38.5 Å². The quantitative estimate of drug-likeness (QED) is 0.813. The van der Waals surface area contributed by atoms with E-state index >= 15 is 0 Å². The normalized spacial score (nSPS) is 14.0. The van der Waals surface area contributed by atoms with Gasteiger partial charge in [-0.25, -0.2) is 4.79 Å². The van der Waals surface area contributed by atoms with Crippen LogP contribution in [0.3, 0.4) is 0 Å². The second-order valence-corrected chi connectivity index (χ2v) is 5.71. The van der Waals surface area contributed by atoms with E-state index in [9.17, 15) is 9.59 Å². The molecule has 0 atom stereocenters. The standard InChI is InChI=1S/C15H19NO3/c1-15(2,9-16-13(17)14(18)19)12-7-6-10-4-3-5-11(10)8-12/h6-8H,3-5,9H2,1-2H3,(H,16,17)(H,18,19). The molecule has 0 heterocycles. The van der Waals surface area contributed by atoms with Gasteiger partial charge in [0.25, 0.3) is 0 Å². The Bertz CT molecular complexity index is 520. The number of benzene rings is 1. The molecular weight excluding hydrogens is 242 g/mol. The van der Waals surface area contributed by atoms with Gasteiger partial charge in [0, 0.05) is 12.0 Å². The van der Waals surface area contributed by atoms with Crippen LogP contribution in [-0.2, 0) is 27.8 Å². The maximum atomic E-state index is 11.1. The summed E-state index contributed by atoms with van der Waals surface area (Å²) in [6.45, 7) is 4.33. The highest BCUT2D eigenvalue weighted by Crippen LogP contribution is 2.29. The summed E-state index contributed by atoms with van der Waals surface area (Å²) < 4.78 is 0. The third-order valence-corrected chi connectivity index (χ3v) is 3.77. The van der Waals surface area contributed by atoms with Crippen molar-refractivity contribution in [1.82, 2.24) is 5.32 Å². The highest BCUT2D eigenvalue weighted by Gasteiger charge is 2.24. The molecular formula is C15H19NO3. The van der Waals surface area contributed by atoms with E-state index in [1.807, 2.05) is 13.8 Å². The molecule has 0 aliphatic heterocycles. The molecule has 1 aliphatic carbocycles. The van der Waals surface area contributed by atoms with Crippen molar-refractivity contribution in [3.63, 3.8) is 0 Å². The number of hydrogen-bond acceptors (Lipinski definition) is 2. The number of aliphatic carboxylic acids is 1. The summed E-state index contributed by atoms with van der Waals surface area (Å²) in [7, 11) is 0. The zero-order chi connectivity index (χ0) is 14.0. The Kier molecular flexibility index (Phi) is 3.60. The van der Waals surface area contributed by atoms with Gasteiger partial charge in [0.15, 0.2) is 0 Å². The second-order valence-electron chi connectivity index (χ2n) is 5.71. The monoisotopic (exact) mass is 261 g/mol. The van der Waals surface area contributed by atoms with Gasteiger partial charge in [0.05, 0.1) is 0 Å². The molecule has 4 nitrogen and oxygen atoms in total. The van der Waals surface area contributed by atoms with Gasteiger partial charge >= 0.3 is 11.9 Å². The van der Waals surface area contributed by atoms with Crippen LogP contribution in [0.2, 0.25) is 0 Å². The molecule has 4 heteroatoms. The van der Waals surface area contributed by atoms with Gasteiger partial charge in [-0.05, 0) is 36.0 Å². The van der Waals surface area contributed by atoms with Crippen molar-refractivity contribution in [2.75, 3.05) is 6.54 Å². The third kappa shape index (κ3) is 2.95. The number of rotatable bonds is 3. The highest BCUT2D eigenvalue weighted by molar-refractivity contribution is 6.31. The molecule has 1 amide bonds. The van der Waals surface area contributed by atoms with Crippen molar-refractivity contribution < 1.29 is 14.7 Å². The van der Waals surface area contributed by atoms with Crippen LogP contribution in [0.15, 0.2) is 18.2 Å². The topological polar surface area (TPSA) is 66.4 Å². The Labute approximate surface area is 112 Å². The van der Waals surface area contributed by atoms with E-state index in [-0.39, 0.29) is 5.41 Å². The minimum Gasteiger partial charge on any atom is -0.474 e. The summed E-state index contributed by atoms with van der Waals surface area (Å²) in [5.41, 5.74) is 3.66. The number of carboxylic acid groups (broad SMARTS) is 1. The van der Waals surface area contributed by atoms with Crippen molar-refractivity contribution in [3.8, 4) is 0 Å². The average molecular weight is 261 g/mol. The first-order valence-electron chi connectivity index (χ1n) is 6.53. The summed E-state index contributed by atoms with van der Waals surface area (Å²) in [4.78, 5) is 21.6. The lowest BCUT2D eigenvalue weighted by Gasteiger charge is -2.26. The predicted molar refractivity (Wildman–Crippen MR) is 72.1 cm³/mol. The molecule has 0 saturated heterocycles. The van der Waals surface area contributed by atoms with E-state index in [1.165, 1.54) is 17.5 Å². The van der Waals surface area contributed by atoms with Crippen molar-refractivity contribution in [3.05, 3.63) is 34.9 Å². The molecule has 0 unspecified atom stereocenters. The first-order valence-corrected chi connectivity index (χ1v) is 6.53. The Balaban J connectivity index is 2.11. The molecule has 0 saturated carbocycles. The number of amides is 1. The number of carbonyl (C=O) groups excluding carboxylic acids is 1. The molecule has 0 spiro atoms. The van der Waals surface area contributed by atoms with Crippen LogP contribution in [0.4, 0.5) is 0 Å². The van der Waals surface area contributed by atoms with Crippen LogP contribution in [0, 0.1) is 0 Å². The van der Waals surface area contributed by atoms with Crippen LogP contribution >= 0.6 is 0 Å². The maximum absolute atomic E-state index is 11.1. The number of carboxylic acids is 1. The third-order valence-electron chi connectivity index (χ3n) is 3.77. The van der Waals surface area contributed by atoms with Gasteiger partial charge < -0.3 is 10.4 Å². The van der Waals surface area contributed by atoms with E-state index < -0.39 is 11.9 Å². The second kappa shape index (κ2) is 5.03. The fourth-order valence-corrected chi connectivity index (χ4v) is 2.47. The molecule has 1 aromatic rings. The molecule has 2 rings (SSSR count). The summed E-state index contributed by atoms with van der Waals surface area (Å²) in [6, 6.07) is 6.42. The van der Waals surface area contributed by atoms with Crippen LogP contribution in [-0.4, -0.2) is 23.5 Å². The van der Waals surface area contributed by atoms with Gasteiger partial charge in [0.1, 0.15) is 0 Å². The van der Waals surface area contributed by atoms with Crippen LogP contribution in [0.5, 0.6) is 0 Å². The van der Waals surface area contributed by atoms with Gasteiger partial charge in [-0.3, -0.25) is 4.79 Å². The Morgan fingerprint density at radius 3 is 2.63 bits per heavy atom. The average Bonchev–Trinajstić information content (AvgIpc) is 2.82. The van der Waals surface area contributed by atoms with E-state index in [2.05, 4.69) is 23.5 Å². The number of hydrogen-bond donors (Lipinski definition) is 2. The fourth-order valence-electron chi connectivity index (χ4n) is 2.47. The number of carbonyl (C=O) groups is 2.